The second-order valence-electron chi connectivity index (χ2n) is 7.05. The molecule has 0 spiro atoms. The molecule has 3 heteroatoms. The predicted octanol–water partition coefficient (Wildman–Crippen LogP) is 3.64. The van der Waals surface area contributed by atoms with Crippen LogP contribution in [-0.2, 0) is 4.79 Å². The number of nitrogens with one attached hydrogen (secondary N) is 1. The van der Waals surface area contributed by atoms with Gasteiger partial charge in [0.2, 0.25) is 5.91 Å². The first-order chi connectivity index (χ1) is 9.33. The van der Waals surface area contributed by atoms with Gasteiger partial charge in [-0.25, -0.2) is 0 Å². The largest absolute Gasteiger partial charge is 0.323 e. The highest BCUT2D eigenvalue weighted by atomic mass is 16.2. The molecule has 0 aromatic rings. The number of carbonyl (C=O) groups is 1. The summed E-state index contributed by atoms with van der Waals surface area (Å²) in [5.41, 5.74) is 0. The SMILES string of the molecule is CCC(C)C1NC(CC(C)C)N(C(C)C(C)CC)C1=O. The minimum atomic E-state index is 0.00950. The van der Waals surface area contributed by atoms with E-state index in [0.717, 1.165) is 19.3 Å². The number of rotatable bonds is 7. The molecule has 1 aliphatic rings. The van der Waals surface area contributed by atoms with E-state index in [-0.39, 0.29) is 12.2 Å². The molecule has 20 heavy (non-hydrogen) atoms. The molecule has 1 N–H and O–H groups in total. The summed E-state index contributed by atoms with van der Waals surface area (Å²) in [7, 11) is 0. The molecule has 0 aliphatic carbocycles. The van der Waals surface area contributed by atoms with Crippen molar-refractivity contribution in [3.05, 3.63) is 0 Å². The monoisotopic (exact) mass is 282 g/mol. The molecule has 1 saturated heterocycles. The van der Waals surface area contributed by atoms with Crippen LogP contribution in [0.5, 0.6) is 0 Å². The van der Waals surface area contributed by atoms with Crippen molar-refractivity contribution in [2.24, 2.45) is 17.8 Å². The molecule has 0 saturated carbocycles. The smallest absolute Gasteiger partial charge is 0.241 e. The Morgan fingerprint density at radius 3 is 2.15 bits per heavy atom. The van der Waals surface area contributed by atoms with Crippen molar-refractivity contribution in [3.8, 4) is 0 Å². The van der Waals surface area contributed by atoms with Gasteiger partial charge in [0, 0.05) is 6.04 Å². The Morgan fingerprint density at radius 2 is 1.70 bits per heavy atom. The second kappa shape index (κ2) is 7.44. The number of nitrogens with zero attached hydrogens (tertiary/aromatic N) is 1. The summed E-state index contributed by atoms with van der Waals surface area (Å²) < 4.78 is 0. The van der Waals surface area contributed by atoms with E-state index >= 15 is 0 Å². The molecule has 5 unspecified atom stereocenters. The molecule has 1 fully saturated rings. The highest BCUT2D eigenvalue weighted by Gasteiger charge is 2.43. The Kier molecular flexibility index (Phi) is 6.50. The summed E-state index contributed by atoms with van der Waals surface area (Å²) >= 11 is 0. The first kappa shape index (κ1) is 17.5. The van der Waals surface area contributed by atoms with Gasteiger partial charge in [0.1, 0.15) is 0 Å². The van der Waals surface area contributed by atoms with Gasteiger partial charge in [-0.2, -0.15) is 0 Å². The summed E-state index contributed by atoms with van der Waals surface area (Å²) in [5.74, 6) is 1.87. The van der Waals surface area contributed by atoms with Crippen molar-refractivity contribution in [2.75, 3.05) is 0 Å². The van der Waals surface area contributed by atoms with Crippen LogP contribution < -0.4 is 5.32 Å². The Bertz CT molecular complexity index is 316. The van der Waals surface area contributed by atoms with E-state index in [0.29, 0.717) is 29.7 Å². The zero-order valence-corrected chi connectivity index (χ0v) is 14.4. The number of hydrogen-bond acceptors (Lipinski definition) is 2. The predicted molar refractivity (Wildman–Crippen MR) is 85.4 cm³/mol. The molecule has 1 amide bonds. The fourth-order valence-electron chi connectivity index (χ4n) is 3.04. The molecule has 118 valence electrons. The van der Waals surface area contributed by atoms with Crippen LogP contribution in [0.4, 0.5) is 0 Å². The van der Waals surface area contributed by atoms with Crippen LogP contribution in [0.25, 0.3) is 0 Å². The molecular weight excluding hydrogens is 248 g/mol. The fourth-order valence-corrected chi connectivity index (χ4v) is 3.04. The molecular formula is C17H34N2O. The van der Waals surface area contributed by atoms with Gasteiger partial charge in [0.25, 0.3) is 0 Å². The molecule has 5 atom stereocenters. The maximum absolute atomic E-state index is 12.8. The maximum atomic E-state index is 12.8. The van der Waals surface area contributed by atoms with Crippen molar-refractivity contribution in [1.29, 1.82) is 0 Å². The van der Waals surface area contributed by atoms with Crippen molar-refractivity contribution >= 4 is 5.91 Å². The van der Waals surface area contributed by atoms with Gasteiger partial charge in [0.15, 0.2) is 0 Å². The molecule has 1 aliphatic heterocycles. The van der Waals surface area contributed by atoms with Crippen molar-refractivity contribution < 1.29 is 4.79 Å². The van der Waals surface area contributed by atoms with Crippen LogP contribution in [0.1, 0.15) is 67.7 Å². The van der Waals surface area contributed by atoms with Crippen LogP contribution in [0.3, 0.4) is 0 Å². The van der Waals surface area contributed by atoms with Crippen LogP contribution >= 0.6 is 0 Å². The molecule has 0 aromatic heterocycles. The minimum absolute atomic E-state index is 0.00950. The Hall–Kier alpha value is -0.570. The van der Waals surface area contributed by atoms with Gasteiger partial charge in [-0.05, 0) is 31.1 Å². The fraction of sp³-hybridized carbons (Fsp3) is 0.941. The lowest BCUT2D eigenvalue weighted by Gasteiger charge is -2.34. The van der Waals surface area contributed by atoms with E-state index < -0.39 is 0 Å². The van der Waals surface area contributed by atoms with Crippen molar-refractivity contribution in [1.82, 2.24) is 10.2 Å². The van der Waals surface area contributed by atoms with E-state index in [2.05, 4.69) is 58.7 Å². The summed E-state index contributed by atoms with van der Waals surface area (Å²) in [5, 5.41) is 3.61. The summed E-state index contributed by atoms with van der Waals surface area (Å²) in [6.07, 6.45) is 3.42. The maximum Gasteiger partial charge on any atom is 0.241 e. The van der Waals surface area contributed by atoms with Crippen LogP contribution in [0.2, 0.25) is 0 Å². The summed E-state index contributed by atoms with van der Waals surface area (Å²) in [4.78, 5) is 15.0. The Morgan fingerprint density at radius 1 is 1.10 bits per heavy atom. The third-order valence-corrected chi connectivity index (χ3v) is 5.04. The molecule has 3 nitrogen and oxygen atoms in total. The minimum Gasteiger partial charge on any atom is -0.323 e. The highest BCUT2D eigenvalue weighted by Crippen LogP contribution is 2.28. The second-order valence-corrected chi connectivity index (χ2v) is 7.05. The third kappa shape index (κ3) is 3.75. The molecule has 1 rings (SSSR count). The highest BCUT2D eigenvalue weighted by molar-refractivity contribution is 5.85. The number of amides is 1. The molecule has 1 heterocycles. The summed E-state index contributed by atoms with van der Waals surface area (Å²) in [6.45, 7) is 15.5. The quantitative estimate of drug-likeness (QED) is 0.773. The average molecular weight is 282 g/mol. The number of hydrogen-bond donors (Lipinski definition) is 1. The van der Waals surface area contributed by atoms with E-state index in [1.165, 1.54) is 0 Å². The van der Waals surface area contributed by atoms with Gasteiger partial charge in [0.05, 0.1) is 12.2 Å². The van der Waals surface area contributed by atoms with Gasteiger partial charge in [-0.3, -0.25) is 10.1 Å². The van der Waals surface area contributed by atoms with Gasteiger partial charge < -0.3 is 4.90 Å². The number of carbonyl (C=O) groups excluding carboxylic acids is 1. The Balaban J connectivity index is 2.92. The van der Waals surface area contributed by atoms with Crippen LogP contribution in [-0.4, -0.2) is 29.1 Å². The van der Waals surface area contributed by atoms with Gasteiger partial charge in [-0.1, -0.05) is 54.4 Å². The van der Waals surface area contributed by atoms with E-state index in [1.807, 2.05) is 0 Å². The first-order valence-electron chi connectivity index (χ1n) is 8.41. The van der Waals surface area contributed by atoms with Crippen molar-refractivity contribution in [3.63, 3.8) is 0 Å². The average Bonchev–Trinajstić information content (AvgIpc) is 2.72. The lowest BCUT2D eigenvalue weighted by Crippen LogP contribution is -2.46. The zero-order chi connectivity index (χ0) is 15.4. The third-order valence-electron chi connectivity index (χ3n) is 5.04. The first-order valence-corrected chi connectivity index (χ1v) is 8.41. The Labute approximate surface area is 125 Å². The van der Waals surface area contributed by atoms with Gasteiger partial charge >= 0.3 is 0 Å². The van der Waals surface area contributed by atoms with Crippen LogP contribution in [0, 0.1) is 17.8 Å². The standard InChI is InChI=1S/C17H34N2O/c1-8-12(5)14(7)19-15(10-11(3)4)18-16(17(19)20)13(6)9-2/h11-16,18H,8-10H2,1-7H3. The van der Waals surface area contributed by atoms with Crippen molar-refractivity contribution in [2.45, 2.75) is 86.0 Å². The molecule has 0 bridgehead atoms. The normalized spacial score (nSPS) is 28.0. The lowest BCUT2D eigenvalue weighted by molar-refractivity contribution is -0.134. The molecule has 0 aromatic carbocycles. The van der Waals surface area contributed by atoms with E-state index in [9.17, 15) is 4.79 Å². The van der Waals surface area contributed by atoms with E-state index in [4.69, 9.17) is 0 Å². The summed E-state index contributed by atoms with van der Waals surface area (Å²) in [6, 6.07) is 0.327. The van der Waals surface area contributed by atoms with Crippen LogP contribution in [0.15, 0.2) is 0 Å². The van der Waals surface area contributed by atoms with E-state index in [1.54, 1.807) is 0 Å². The zero-order valence-electron chi connectivity index (χ0n) is 14.4. The van der Waals surface area contributed by atoms with Gasteiger partial charge in [-0.15, -0.1) is 0 Å². The lowest BCUT2D eigenvalue weighted by atomic mass is 9.96. The molecule has 0 radical (unpaired) electrons. The topological polar surface area (TPSA) is 32.3 Å².